The topological polar surface area (TPSA) is 50.2 Å². The van der Waals surface area contributed by atoms with Gasteiger partial charge in [-0.05, 0) is 23.4 Å². The molecule has 0 fully saturated rings. The SMILES string of the molecule is Cn1nccc1NC(=O)CN1CCc2sccc2C1. The van der Waals surface area contributed by atoms with Crippen molar-refractivity contribution in [3.8, 4) is 0 Å². The third-order valence-corrected chi connectivity index (χ3v) is 4.37. The molecule has 1 aliphatic rings. The Bertz CT molecular complexity index is 589. The second-order valence-corrected chi connectivity index (χ2v) is 5.72. The van der Waals surface area contributed by atoms with Crippen LogP contribution in [0.1, 0.15) is 10.4 Å². The van der Waals surface area contributed by atoms with E-state index in [2.05, 4.69) is 26.8 Å². The summed E-state index contributed by atoms with van der Waals surface area (Å²) in [6.07, 6.45) is 2.72. The molecule has 1 N–H and O–H groups in total. The van der Waals surface area contributed by atoms with Crippen LogP contribution in [-0.2, 0) is 24.8 Å². The molecule has 100 valence electrons. The molecule has 1 aliphatic heterocycles. The van der Waals surface area contributed by atoms with Crippen molar-refractivity contribution in [2.24, 2.45) is 7.05 Å². The first-order valence-electron chi connectivity index (χ1n) is 6.28. The maximum absolute atomic E-state index is 12.0. The van der Waals surface area contributed by atoms with E-state index in [0.717, 1.165) is 25.3 Å². The second-order valence-electron chi connectivity index (χ2n) is 4.72. The van der Waals surface area contributed by atoms with Crippen LogP contribution in [-0.4, -0.2) is 33.7 Å². The molecule has 2 aromatic rings. The molecule has 2 aromatic heterocycles. The van der Waals surface area contributed by atoms with Crippen LogP contribution < -0.4 is 5.32 Å². The summed E-state index contributed by atoms with van der Waals surface area (Å²) in [5.74, 6) is 0.750. The largest absolute Gasteiger partial charge is 0.310 e. The van der Waals surface area contributed by atoms with Crippen molar-refractivity contribution < 1.29 is 4.79 Å². The number of hydrogen-bond donors (Lipinski definition) is 1. The number of fused-ring (bicyclic) bond motifs is 1. The summed E-state index contributed by atoms with van der Waals surface area (Å²) in [7, 11) is 1.81. The van der Waals surface area contributed by atoms with E-state index in [0.29, 0.717) is 6.54 Å². The van der Waals surface area contributed by atoms with Crippen LogP contribution in [0, 0.1) is 0 Å². The molecule has 0 atom stereocenters. The van der Waals surface area contributed by atoms with Crippen LogP contribution in [0.2, 0.25) is 0 Å². The Morgan fingerprint density at radius 1 is 1.53 bits per heavy atom. The van der Waals surface area contributed by atoms with Gasteiger partial charge in [0.15, 0.2) is 0 Å². The summed E-state index contributed by atoms with van der Waals surface area (Å²) >= 11 is 1.81. The maximum atomic E-state index is 12.0. The van der Waals surface area contributed by atoms with Gasteiger partial charge in [0.05, 0.1) is 12.7 Å². The molecule has 3 heterocycles. The zero-order valence-electron chi connectivity index (χ0n) is 10.8. The highest BCUT2D eigenvalue weighted by atomic mass is 32.1. The van der Waals surface area contributed by atoms with Crippen molar-refractivity contribution in [3.63, 3.8) is 0 Å². The highest BCUT2D eigenvalue weighted by Crippen LogP contribution is 2.23. The first kappa shape index (κ1) is 12.4. The minimum absolute atomic E-state index is 0.0160. The number of aromatic nitrogens is 2. The first-order valence-corrected chi connectivity index (χ1v) is 7.16. The van der Waals surface area contributed by atoms with E-state index in [1.807, 2.05) is 18.4 Å². The van der Waals surface area contributed by atoms with Crippen LogP contribution in [0.5, 0.6) is 0 Å². The zero-order chi connectivity index (χ0) is 13.2. The van der Waals surface area contributed by atoms with Gasteiger partial charge in [-0.1, -0.05) is 0 Å². The standard InChI is InChI=1S/C13H16N4OS/c1-16-12(2-5-14-16)15-13(18)9-17-6-3-11-10(8-17)4-7-19-11/h2,4-5,7H,3,6,8-9H2,1H3,(H,15,18). The molecule has 19 heavy (non-hydrogen) atoms. The van der Waals surface area contributed by atoms with Gasteiger partial charge >= 0.3 is 0 Å². The lowest BCUT2D eigenvalue weighted by Crippen LogP contribution is -2.36. The smallest absolute Gasteiger partial charge is 0.239 e. The molecule has 0 radical (unpaired) electrons. The third-order valence-electron chi connectivity index (χ3n) is 3.34. The maximum Gasteiger partial charge on any atom is 0.239 e. The van der Waals surface area contributed by atoms with Gasteiger partial charge in [0.1, 0.15) is 5.82 Å². The lowest BCUT2D eigenvalue weighted by atomic mass is 10.1. The molecule has 0 saturated heterocycles. The summed E-state index contributed by atoms with van der Waals surface area (Å²) in [5.41, 5.74) is 1.37. The summed E-state index contributed by atoms with van der Waals surface area (Å²) in [5, 5.41) is 9.04. The average molecular weight is 276 g/mol. The molecule has 5 nitrogen and oxygen atoms in total. The Balaban J connectivity index is 1.58. The number of nitrogens with zero attached hydrogens (tertiary/aromatic N) is 3. The highest BCUT2D eigenvalue weighted by Gasteiger charge is 2.19. The van der Waals surface area contributed by atoms with Crippen LogP contribution >= 0.6 is 11.3 Å². The molecule has 6 heteroatoms. The van der Waals surface area contributed by atoms with E-state index in [1.54, 1.807) is 16.9 Å². The lowest BCUT2D eigenvalue weighted by Gasteiger charge is -2.26. The predicted molar refractivity (Wildman–Crippen MR) is 75.1 cm³/mol. The summed E-state index contributed by atoms with van der Waals surface area (Å²) in [6, 6.07) is 3.95. The summed E-state index contributed by atoms with van der Waals surface area (Å²) < 4.78 is 1.66. The number of hydrogen-bond acceptors (Lipinski definition) is 4. The van der Waals surface area contributed by atoms with Gasteiger partial charge in [0.2, 0.25) is 5.91 Å². The molecule has 1 amide bonds. The zero-order valence-corrected chi connectivity index (χ0v) is 11.6. The van der Waals surface area contributed by atoms with E-state index in [1.165, 1.54) is 10.4 Å². The molecule has 0 aliphatic carbocycles. The second kappa shape index (κ2) is 5.14. The number of amides is 1. The monoisotopic (exact) mass is 276 g/mol. The van der Waals surface area contributed by atoms with Crippen LogP contribution in [0.25, 0.3) is 0 Å². The van der Waals surface area contributed by atoms with Crippen molar-refractivity contribution in [1.82, 2.24) is 14.7 Å². The van der Waals surface area contributed by atoms with Crippen molar-refractivity contribution in [1.29, 1.82) is 0 Å². The van der Waals surface area contributed by atoms with E-state index >= 15 is 0 Å². The molecule has 0 spiro atoms. The third kappa shape index (κ3) is 2.69. The van der Waals surface area contributed by atoms with Gasteiger partial charge < -0.3 is 5.32 Å². The molecule has 3 rings (SSSR count). The van der Waals surface area contributed by atoms with Crippen LogP contribution in [0.3, 0.4) is 0 Å². The van der Waals surface area contributed by atoms with Gasteiger partial charge in [0.25, 0.3) is 0 Å². The Hall–Kier alpha value is -1.66. The average Bonchev–Trinajstić information content (AvgIpc) is 2.98. The Labute approximate surface area is 115 Å². The first-order chi connectivity index (χ1) is 9.22. The van der Waals surface area contributed by atoms with Gasteiger partial charge in [-0.15, -0.1) is 11.3 Å². The molecule has 0 unspecified atom stereocenters. The number of rotatable bonds is 3. The van der Waals surface area contributed by atoms with Crippen LogP contribution in [0.15, 0.2) is 23.7 Å². The van der Waals surface area contributed by atoms with E-state index in [-0.39, 0.29) is 5.91 Å². The number of aryl methyl sites for hydroxylation is 1. The molecule has 0 aromatic carbocycles. The molecule has 0 bridgehead atoms. The summed E-state index contributed by atoms with van der Waals surface area (Å²) in [4.78, 5) is 15.6. The van der Waals surface area contributed by atoms with Gasteiger partial charge in [0, 0.05) is 31.1 Å². The number of nitrogens with one attached hydrogen (secondary N) is 1. The quantitative estimate of drug-likeness (QED) is 0.924. The summed E-state index contributed by atoms with van der Waals surface area (Å²) in [6.45, 7) is 2.25. The van der Waals surface area contributed by atoms with Crippen molar-refractivity contribution >= 4 is 23.1 Å². The molecular formula is C13H16N4OS. The van der Waals surface area contributed by atoms with Crippen LogP contribution in [0.4, 0.5) is 5.82 Å². The minimum Gasteiger partial charge on any atom is -0.310 e. The Morgan fingerprint density at radius 3 is 3.21 bits per heavy atom. The minimum atomic E-state index is 0.0160. The number of anilines is 1. The van der Waals surface area contributed by atoms with E-state index in [9.17, 15) is 4.79 Å². The lowest BCUT2D eigenvalue weighted by molar-refractivity contribution is -0.117. The van der Waals surface area contributed by atoms with Crippen molar-refractivity contribution in [2.75, 3.05) is 18.4 Å². The normalized spacial score (nSPS) is 15.2. The Kier molecular flexibility index (Phi) is 3.35. The Morgan fingerprint density at radius 2 is 2.42 bits per heavy atom. The van der Waals surface area contributed by atoms with E-state index in [4.69, 9.17) is 0 Å². The number of carbonyl (C=O) groups excluding carboxylic acids is 1. The van der Waals surface area contributed by atoms with Crippen molar-refractivity contribution in [3.05, 3.63) is 34.2 Å². The number of thiophene rings is 1. The highest BCUT2D eigenvalue weighted by molar-refractivity contribution is 7.10. The fourth-order valence-corrected chi connectivity index (χ4v) is 3.21. The predicted octanol–water partition coefficient (Wildman–Crippen LogP) is 1.48. The molecule has 0 saturated carbocycles. The fraction of sp³-hybridized carbons (Fsp3) is 0.385. The van der Waals surface area contributed by atoms with Crippen molar-refractivity contribution in [2.45, 2.75) is 13.0 Å². The van der Waals surface area contributed by atoms with Gasteiger partial charge in [-0.25, -0.2) is 0 Å². The van der Waals surface area contributed by atoms with Gasteiger partial charge in [-0.3, -0.25) is 14.4 Å². The van der Waals surface area contributed by atoms with Gasteiger partial charge in [-0.2, -0.15) is 5.10 Å². The fourth-order valence-electron chi connectivity index (χ4n) is 2.32. The van der Waals surface area contributed by atoms with E-state index < -0.39 is 0 Å². The number of carbonyl (C=O) groups is 1. The molecular weight excluding hydrogens is 260 g/mol.